The highest BCUT2D eigenvalue weighted by Gasteiger charge is 2.27. The van der Waals surface area contributed by atoms with Crippen LogP contribution in [-0.4, -0.2) is 29.7 Å². The molecule has 1 unspecified atom stereocenters. The Morgan fingerprint density at radius 1 is 1.23 bits per heavy atom. The molecule has 2 atom stereocenters. The van der Waals surface area contributed by atoms with Crippen LogP contribution in [0.15, 0.2) is 30.3 Å². The number of carbonyl (C=O) groups excluding carboxylic acids is 1. The standard InChI is InChI=1S/C21H35N3O2/c1-2-3-10-15-24(18-13-8-5-9-14-18)23-21(26)20(25)19(22)16-17-11-6-4-7-12-17/h5,8-9,13-14,17,19-20,25H,2-4,6-7,10-12,15-16,22H2,1H3,(H,23,26)/t19-,20?/m1/s1. The van der Waals surface area contributed by atoms with Gasteiger partial charge in [0.15, 0.2) is 0 Å². The highest BCUT2D eigenvalue weighted by molar-refractivity contribution is 5.82. The molecule has 0 heterocycles. The van der Waals surface area contributed by atoms with Crippen molar-refractivity contribution in [2.24, 2.45) is 11.7 Å². The van der Waals surface area contributed by atoms with E-state index < -0.39 is 18.1 Å². The Balaban J connectivity index is 1.91. The maximum atomic E-state index is 12.6. The molecule has 146 valence electrons. The minimum Gasteiger partial charge on any atom is -0.382 e. The number of nitrogens with zero attached hydrogens (tertiary/aromatic N) is 1. The summed E-state index contributed by atoms with van der Waals surface area (Å²) >= 11 is 0. The molecule has 1 aromatic carbocycles. The van der Waals surface area contributed by atoms with Gasteiger partial charge in [-0.1, -0.05) is 70.1 Å². The lowest BCUT2D eigenvalue weighted by atomic mass is 9.84. The third-order valence-electron chi connectivity index (χ3n) is 5.30. The zero-order valence-corrected chi connectivity index (χ0v) is 16.1. The van der Waals surface area contributed by atoms with Crippen molar-refractivity contribution in [3.8, 4) is 0 Å². The molecule has 0 spiro atoms. The summed E-state index contributed by atoms with van der Waals surface area (Å²) in [5.41, 5.74) is 9.95. The van der Waals surface area contributed by atoms with Crippen LogP contribution in [0.4, 0.5) is 5.69 Å². The molecule has 0 aromatic heterocycles. The van der Waals surface area contributed by atoms with Crippen molar-refractivity contribution < 1.29 is 9.90 Å². The Hall–Kier alpha value is -1.59. The summed E-state index contributed by atoms with van der Waals surface area (Å²) in [6.07, 6.45) is 8.83. The molecule has 1 aliphatic carbocycles. The van der Waals surface area contributed by atoms with Gasteiger partial charge in [-0.15, -0.1) is 0 Å². The molecule has 0 aliphatic heterocycles. The van der Waals surface area contributed by atoms with Crippen molar-refractivity contribution in [2.75, 3.05) is 11.6 Å². The smallest absolute Gasteiger partial charge is 0.268 e. The van der Waals surface area contributed by atoms with Crippen LogP contribution in [0.3, 0.4) is 0 Å². The first-order valence-corrected chi connectivity index (χ1v) is 10.2. The number of anilines is 1. The molecular weight excluding hydrogens is 326 g/mol. The molecule has 0 saturated heterocycles. The summed E-state index contributed by atoms with van der Waals surface area (Å²) in [5, 5.41) is 12.2. The Bertz CT molecular complexity index is 517. The number of nitrogens with one attached hydrogen (secondary N) is 1. The molecule has 1 aromatic rings. The van der Waals surface area contributed by atoms with Crippen LogP contribution in [0.2, 0.25) is 0 Å². The summed E-state index contributed by atoms with van der Waals surface area (Å²) in [7, 11) is 0. The molecule has 1 saturated carbocycles. The number of hydrogen-bond acceptors (Lipinski definition) is 4. The Morgan fingerprint density at radius 3 is 2.58 bits per heavy atom. The van der Waals surface area contributed by atoms with E-state index in [0.717, 1.165) is 44.2 Å². The van der Waals surface area contributed by atoms with Crippen LogP contribution in [-0.2, 0) is 4.79 Å². The van der Waals surface area contributed by atoms with E-state index >= 15 is 0 Å². The summed E-state index contributed by atoms with van der Waals surface area (Å²) in [5.74, 6) is 0.129. The summed E-state index contributed by atoms with van der Waals surface area (Å²) in [4.78, 5) is 12.6. The van der Waals surface area contributed by atoms with Crippen molar-refractivity contribution in [3.63, 3.8) is 0 Å². The average Bonchev–Trinajstić information content (AvgIpc) is 2.68. The summed E-state index contributed by atoms with van der Waals surface area (Å²) < 4.78 is 0. The lowest BCUT2D eigenvalue weighted by molar-refractivity contribution is -0.130. The number of para-hydroxylation sites is 1. The van der Waals surface area contributed by atoms with Gasteiger partial charge in [-0.3, -0.25) is 15.2 Å². The first kappa shape index (κ1) is 20.7. The Morgan fingerprint density at radius 2 is 1.92 bits per heavy atom. The number of amides is 1. The predicted molar refractivity (Wildman–Crippen MR) is 107 cm³/mol. The third kappa shape index (κ3) is 6.61. The zero-order chi connectivity index (χ0) is 18.8. The Kier molecular flexibility index (Phi) is 8.92. The number of unbranched alkanes of at least 4 members (excludes halogenated alkanes) is 2. The third-order valence-corrected chi connectivity index (χ3v) is 5.30. The Labute approximate surface area is 157 Å². The first-order chi connectivity index (χ1) is 12.6. The van der Waals surface area contributed by atoms with Crippen LogP contribution >= 0.6 is 0 Å². The molecule has 4 N–H and O–H groups in total. The SMILES string of the molecule is CCCCCN(NC(=O)C(O)[C@H](N)CC1CCCCC1)c1ccccc1. The van der Waals surface area contributed by atoms with Gasteiger partial charge in [0.05, 0.1) is 5.69 Å². The second-order valence-electron chi connectivity index (χ2n) is 7.52. The van der Waals surface area contributed by atoms with Crippen molar-refractivity contribution in [2.45, 2.75) is 76.9 Å². The van der Waals surface area contributed by atoms with E-state index in [9.17, 15) is 9.90 Å². The average molecular weight is 362 g/mol. The molecule has 1 aliphatic rings. The van der Waals surface area contributed by atoms with Gasteiger partial charge in [-0.2, -0.15) is 0 Å². The van der Waals surface area contributed by atoms with Gasteiger partial charge in [-0.25, -0.2) is 0 Å². The summed E-state index contributed by atoms with van der Waals surface area (Å²) in [6, 6.07) is 9.25. The number of hydrogen-bond donors (Lipinski definition) is 3. The van der Waals surface area contributed by atoms with Crippen molar-refractivity contribution >= 4 is 11.6 Å². The van der Waals surface area contributed by atoms with Crippen molar-refractivity contribution in [3.05, 3.63) is 30.3 Å². The van der Waals surface area contributed by atoms with E-state index in [-0.39, 0.29) is 0 Å². The lowest BCUT2D eigenvalue weighted by Crippen LogP contribution is -2.53. The molecule has 0 radical (unpaired) electrons. The van der Waals surface area contributed by atoms with Gasteiger partial charge >= 0.3 is 0 Å². The number of benzene rings is 1. The predicted octanol–water partition coefficient (Wildman–Crippen LogP) is 3.37. The van der Waals surface area contributed by atoms with E-state index in [1.165, 1.54) is 19.3 Å². The highest BCUT2D eigenvalue weighted by atomic mass is 16.3. The van der Waals surface area contributed by atoms with Crippen LogP contribution < -0.4 is 16.2 Å². The quantitative estimate of drug-likeness (QED) is 0.441. The largest absolute Gasteiger partial charge is 0.382 e. The molecule has 5 heteroatoms. The fraction of sp³-hybridized carbons (Fsp3) is 0.667. The maximum absolute atomic E-state index is 12.6. The monoisotopic (exact) mass is 361 g/mol. The van der Waals surface area contributed by atoms with Gasteiger partial charge in [0.25, 0.3) is 5.91 Å². The molecule has 2 rings (SSSR count). The molecule has 5 nitrogen and oxygen atoms in total. The molecule has 26 heavy (non-hydrogen) atoms. The van der Waals surface area contributed by atoms with Crippen molar-refractivity contribution in [1.82, 2.24) is 5.43 Å². The molecule has 1 amide bonds. The minimum atomic E-state index is -1.17. The van der Waals surface area contributed by atoms with Crippen LogP contribution in [0.1, 0.15) is 64.7 Å². The number of aliphatic hydroxyl groups excluding tert-OH is 1. The number of aliphatic hydroxyl groups is 1. The van der Waals surface area contributed by atoms with Gasteiger partial charge in [0, 0.05) is 12.6 Å². The zero-order valence-electron chi connectivity index (χ0n) is 16.1. The second kappa shape index (κ2) is 11.2. The number of carbonyl (C=O) groups is 1. The van der Waals surface area contributed by atoms with Crippen LogP contribution in [0, 0.1) is 5.92 Å². The van der Waals surface area contributed by atoms with E-state index in [1.54, 1.807) is 0 Å². The van der Waals surface area contributed by atoms with E-state index in [1.807, 2.05) is 35.3 Å². The van der Waals surface area contributed by atoms with E-state index in [0.29, 0.717) is 12.5 Å². The number of nitrogens with two attached hydrogens (primary N) is 1. The van der Waals surface area contributed by atoms with Crippen LogP contribution in [0.25, 0.3) is 0 Å². The summed E-state index contributed by atoms with van der Waals surface area (Å²) in [6.45, 7) is 2.87. The number of hydrazine groups is 1. The number of rotatable bonds is 10. The van der Waals surface area contributed by atoms with E-state index in [4.69, 9.17) is 5.73 Å². The fourth-order valence-electron chi connectivity index (χ4n) is 3.71. The van der Waals surface area contributed by atoms with Crippen LogP contribution in [0.5, 0.6) is 0 Å². The van der Waals surface area contributed by atoms with Gasteiger partial charge in [-0.05, 0) is 30.9 Å². The van der Waals surface area contributed by atoms with Crippen molar-refractivity contribution in [1.29, 1.82) is 0 Å². The van der Waals surface area contributed by atoms with Gasteiger partial charge in [0.2, 0.25) is 0 Å². The molecule has 0 bridgehead atoms. The highest BCUT2D eigenvalue weighted by Crippen LogP contribution is 2.27. The normalized spacial score (nSPS) is 17.5. The maximum Gasteiger partial charge on any atom is 0.268 e. The van der Waals surface area contributed by atoms with Gasteiger partial charge in [0.1, 0.15) is 6.10 Å². The first-order valence-electron chi connectivity index (χ1n) is 10.2. The van der Waals surface area contributed by atoms with Gasteiger partial charge < -0.3 is 10.8 Å². The molecular formula is C21H35N3O2. The molecule has 1 fully saturated rings. The lowest BCUT2D eigenvalue weighted by Gasteiger charge is -2.30. The fourth-order valence-corrected chi connectivity index (χ4v) is 3.71. The topological polar surface area (TPSA) is 78.6 Å². The second-order valence-corrected chi connectivity index (χ2v) is 7.52. The minimum absolute atomic E-state index is 0.409. The van der Waals surface area contributed by atoms with E-state index in [2.05, 4.69) is 12.3 Å².